The molecule has 57 heavy (non-hydrogen) atoms. The number of benzene rings is 4. The molecule has 1 amide bonds. The molecule has 0 spiro atoms. The summed E-state index contributed by atoms with van der Waals surface area (Å²) in [4.78, 5) is 36.9. The van der Waals surface area contributed by atoms with Gasteiger partial charge in [-0.2, -0.15) is 5.10 Å². The SMILES string of the molecule is NC(=O)C(c1ccc(Sc2ccc(F)cc2[N+](=O)[O-])nn1)c1c(Cl)cccc1Cl.[C-]#[N+]C(c1ccc(Sc2ccc(F)cc2[N+](=O)[O-])nn1)c1c(Cl)cccc1Cl. The molecular formula is C36H20Cl4F2N8O5S2. The number of carbonyl (C=O) groups excluding carboxylic acids is 1. The van der Waals surface area contributed by atoms with Gasteiger partial charge in [0.05, 0.1) is 53.1 Å². The van der Waals surface area contributed by atoms with Crippen LogP contribution in [0, 0.1) is 38.4 Å². The highest BCUT2D eigenvalue weighted by Gasteiger charge is 2.29. The molecule has 4 aromatic carbocycles. The van der Waals surface area contributed by atoms with E-state index in [1.54, 1.807) is 48.5 Å². The first-order valence-electron chi connectivity index (χ1n) is 15.6. The maximum atomic E-state index is 13.3. The van der Waals surface area contributed by atoms with Crippen molar-refractivity contribution in [2.75, 3.05) is 0 Å². The molecule has 2 atom stereocenters. The second kappa shape index (κ2) is 19.1. The van der Waals surface area contributed by atoms with Gasteiger partial charge in [-0.1, -0.05) is 82.1 Å². The predicted octanol–water partition coefficient (Wildman–Crippen LogP) is 10.6. The summed E-state index contributed by atoms with van der Waals surface area (Å²) >= 11 is 26.6. The van der Waals surface area contributed by atoms with E-state index in [-0.39, 0.29) is 31.2 Å². The van der Waals surface area contributed by atoms with Gasteiger partial charge >= 0.3 is 0 Å². The number of nitro groups is 2. The number of primary amides is 1. The first-order chi connectivity index (χ1) is 27.2. The fraction of sp³-hybridized carbons (Fsp3) is 0.0556. The molecule has 21 heteroatoms. The monoisotopic (exact) mass is 886 g/mol. The molecule has 0 aliphatic carbocycles. The number of aromatic nitrogens is 4. The van der Waals surface area contributed by atoms with E-state index in [0.717, 1.165) is 47.8 Å². The summed E-state index contributed by atoms with van der Waals surface area (Å²) in [5.74, 6) is -3.16. The number of carbonyl (C=O) groups is 1. The van der Waals surface area contributed by atoms with Gasteiger partial charge in [0.15, 0.2) is 0 Å². The fourth-order valence-corrected chi connectivity index (χ4v) is 7.86. The minimum absolute atomic E-state index is 0.194. The number of nitrogens with zero attached hydrogens (tertiary/aromatic N) is 7. The van der Waals surface area contributed by atoms with E-state index in [1.807, 2.05) is 0 Å². The Bertz CT molecular complexity index is 2500. The Morgan fingerprint density at radius 2 is 1.09 bits per heavy atom. The molecule has 0 aliphatic heterocycles. The Balaban J connectivity index is 0.000000218. The quantitative estimate of drug-likeness (QED) is 0.0741. The zero-order valence-corrected chi connectivity index (χ0v) is 32.9. The highest BCUT2D eigenvalue weighted by molar-refractivity contribution is 7.99. The third kappa shape index (κ3) is 10.5. The van der Waals surface area contributed by atoms with E-state index >= 15 is 0 Å². The maximum absolute atomic E-state index is 13.3. The molecule has 0 radical (unpaired) electrons. The van der Waals surface area contributed by atoms with E-state index in [1.165, 1.54) is 24.3 Å². The number of amides is 1. The van der Waals surface area contributed by atoms with Crippen molar-refractivity contribution in [2.45, 2.75) is 31.8 Å². The van der Waals surface area contributed by atoms with Gasteiger partial charge in [0, 0.05) is 15.6 Å². The van der Waals surface area contributed by atoms with Gasteiger partial charge in [-0.15, -0.1) is 15.3 Å². The molecule has 0 fully saturated rings. The van der Waals surface area contributed by atoms with E-state index in [0.29, 0.717) is 36.9 Å². The molecule has 6 aromatic rings. The summed E-state index contributed by atoms with van der Waals surface area (Å²) < 4.78 is 26.5. The summed E-state index contributed by atoms with van der Waals surface area (Å²) in [6.07, 6.45) is 0. The summed E-state index contributed by atoms with van der Waals surface area (Å²) in [6, 6.07) is 21.5. The molecule has 288 valence electrons. The lowest BCUT2D eigenvalue weighted by Crippen LogP contribution is -2.24. The fourth-order valence-electron chi connectivity index (χ4n) is 5.01. The van der Waals surface area contributed by atoms with E-state index in [9.17, 15) is 33.8 Å². The number of nitro benzene ring substituents is 2. The van der Waals surface area contributed by atoms with Crippen LogP contribution in [0.3, 0.4) is 0 Å². The molecule has 0 bridgehead atoms. The highest BCUT2D eigenvalue weighted by Crippen LogP contribution is 2.39. The molecule has 2 aromatic heterocycles. The molecule has 0 saturated carbocycles. The van der Waals surface area contributed by atoms with Crippen LogP contribution in [0.5, 0.6) is 0 Å². The van der Waals surface area contributed by atoms with Crippen LogP contribution in [0.4, 0.5) is 20.2 Å². The molecule has 2 heterocycles. The number of hydrogen-bond acceptors (Lipinski definition) is 11. The Morgan fingerprint density at radius 1 is 0.667 bits per heavy atom. The van der Waals surface area contributed by atoms with E-state index < -0.39 is 45.0 Å². The van der Waals surface area contributed by atoms with Crippen molar-refractivity contribution in [1.29, 1.82) is 0 Å². The van der Waals surface area contributed by atoms with Crippen molar-refractivity contribution in [3.63, 3.8) is 0 Å². The minimum Gasteiger partial charge on any atom is -0.369 e. The number of hydrogen-bond donors (Lipinski definition) is 1. The maximum Gasteiger partial charge on any atom is 0.295 e. The molecule has 2 unspecified atom stereocenters. The van der Waals surface area contributed by atoms with Crippen molar-refractivity contribution in [2.24, 2.45) is 5.73 Å². The molecular weight excluding hydrogens is 868 g/mol. The van der Waals surface area contributed by atoms with Gasteiger partial charge in [-0.05, 0) is 72.8 Å². The van der Waals surface area contributed by atoms with Crippen LogP contribution in [0.25, 0.3) is 4.85 Å². The lowest BCUT2D eigenvalue weighted by Gasteiger charge is -2.16. The third-order valence-electron chi connectivity index (χ3n) is 7.54. The van der Waals surface area contributed by atoms with Crippen LogP contribution in [0.2, 0.25) is 20.1 Å². The Kier molecular flexibility index (Phi) is 14.3. The number of nitrogens with two attached hydrogens (primary N) is 1. The lowest BCUT2D eigenvalue weighted by molar-refractivity contribution is -0.388. The average Bonchev–Trinajstić information content (AvgIpc) is 3.17. The zero-order valence-electron chi connectivity index (χ0n) is 28.2. The molecule has 6 rings (SSSR count). The number of halogens is 6. The molecule has 2 N–H and O–H groups in total. The Morgan fingerprint density at radius 3 is 1.46 bits per heavy atom. The van der Waals surface area contributed by atoms with E-state index in [2.05, 4.69) is 25.2 Å². The summed E-state index contributed by atoms with van der Waals surface area (Å²) in [5, 5.41) is 40.1. The average molecular weight is 889 g/mol. The Labute approximate surface area is 349 Å². The van der Waals surface area contributed by atoms with Gasteiger partial charge in [0.2, 0.25) is 5.91 Å². The van der Waals surface area contributed by atoms with Gasteiger partial charge < -0.3 is 10.6 Å². The van der Waals surface area contributed by atoms with Gasteiger partial charge in [0.25, 0.3) is 17.4 Å². The predicted molar refractivity (Wildman–Crippen MR) is 211 cm³/mol. The second-order valence-corrected chi connectivity index (χ2v) is 14.9. The lowest BCUT2D eigenvalue weighted by atomic mass is 9.94. The first-order valence-corrected chi connectivity index (χ1v) is 18.8. The summed E-state index contributed by atoms with van der Waals surface area (Å²) in [5.41, 5.74) is 6.07. The smallest absolute Gasteiger partial charge is 0.295 e. The minimum atomic E-state index is -1.03. The molecule has 13 nitrogen and oxygen atoms in total. The third-order valence-corrected chi connectivity index (χ3v) is 10.8. The van der Waals surface area contributed by atoms with Crippen LogP contribution in [0.1, 0.15) is 34.5 Å². The van der Waals surface area contributed by atoms with Crippen LogP contribution >= 0.6 is 69.9 Å². The van der Waals surface area contributed by atoms with Crippen molar-refractivity contribution >= 4 is 87.2 Å². The van der Waals surface area contributed by atoms with Gasteiger partial charge in [-0.3, -0.25) is 25.0 Å². The van der Waals surface area contributed by atoms with Crippen molar-refractivity contribution in [1.82, 2.24) is 20.4 Å². The topological polar surface area (TPSA) is 185 Å². The summed E-state index contributed by atoms with van der Waals surface area (Å²) in [7, 11) is 0. The van der Waals surface area contributed by atoms with Crippen molar-refractivity contribution in [3.8, 4) is 0 Å². The number of rotatable bonds is 11. The normalized spacial score (nSPS) is 11.7. The zero-order chi connectivity index (χ0) is 41.4. The van der Waals surface area contributed by atoms with Crippen LogP contribution in [-0.4, -0.2) is 36.1 Å². The second-order valence-electron chi connectivity index (χ2n) is 11.2. The van der Waals surface area contributed by atoms with Crippen LogP contribution < -0.4 is 5.73 Å². The standard InChI is InChI=1S/C18H11Cl2FN4O3S.C18H9Cl2FN4O2S/c19-10-2-1-3-11(20)16(10)17(18(22)26)12-5-7-15(24-23-12)29-14-6-4-9(21)8-13(14)25(27)28;1-22-18(17-11(19)3-2-4-12(17)20)13-6-8-16(24-23-13)28-15-7-5-10(21)9-14(15)25(26)27/h1-8,17H,(H2,22,26);2-9,18H. The van der Waals surface area contributed by atoms with Gasteiger partial charge in [0.1, 0.15) is 33.3 Å². The molecule has 0 aliphatic rings. The van der Waals surface area contributed by atoms with Crippen molar-refractivity contribution < 1.29 is 23.4 Å². The van der Waals surface area contributed by atoms with E-state index in [4.69, 9.17) is 58.7 Å². The van der Waals surface area contributed by atoms with Crippen LogP contribution in [0.15, 0.2) is 117 Å². The Hall–Kier alpha value is -5.48. The molecule has 0 saturated heterocycles. The highest BCUT2D eigenvalue weighted by atomic mass is 35.5. The first kappa shape index (κ1) is 42.7. The largest absolute Gasteiger partial charge is 0.369 e. The van der Waals surface area contributed by atoms with Gasteiger partial charge in [-0.25, -0.2) is 15.4 Å². The van der Waals surface area contributed by atoms with Crippen molar-refractivity contribution in [3.05, 3.63) is 183 Å². The summed E-state index contributed by atoms with van der Waals surface area (Å²) in [6.45, 7) is 7.48. The van der Waals surface area contributed by atoms with Crippen LogP contribution in [-0.2, 0) is 4.79 Å².